The number of methoxy groups -OCH3 is 1. The molecule has 5 heteroatoms. The summed E-state index contributed by atoms with van der Waals surface area (Å²) >= 11 is 0. The van der Waals surface area contributed by atoms with E-state index < -0.39 is 0 Å². The Bertz CT molecular complexity index is 510. The lowest BCUT2D eigenvalue weighted by Crippen LogP contribution is -2.37. The number of nitrogens with zero attached hydrogens (tertiary/aromatic N) is 1. The number of anilines is 1. The maximum atomic E-state index is 12.2. The van der Waals surface area contributed by atoms with E-state index in [0.717, 1.165) is 25.7 Å². The molecule has 0 bridgehead atoms. The maximum Gasteiger partial charge on any atom is 0.243 e. The lowest BCUT2D eigenvalue weighted by atomic mass is 10.1. The Balaban J connectivity index is 1.87. The van der Waals surface area contributed by atoms with Gasteiger partial charge in [0.1, 0.15) is 5.75 Å². The third-order valence-electron chi connectivity index (χ3n) is 3.81. The lowest BCUT2D eigenvalue weighted by Gasteiger charge is -2.20. The first-order chi connectivity index (χ1) is 10.1. The molecule has 0 spiro atoms. The summed E-state index contributed by atoms with van der Waals surface area (Å²) in [6.45, 7) is 0.0759. The fourth-order valence-electron chi connectivity index (χ4n) is 2.68. The molecule has 1 aliphatic rings. The summed E-state index contributed by atoms with van der Waals surface area (Å²) in [5.41, 5.74) is 0.668. The Morgan fingerprint density at radius 3 is 2.71 bits per heavy atom. The molecule has 2 rings (SSSR count). The molecular weight excluding hydrogens is 268 g/mol. The van der Waals surface area contributed by atoms with Crippen LogP contribution < -0.4 is 10.1 Å². The van der Waals surface area contributed by atoms with Gasteiger partial charge in [-0.15, -0.1) is 0 Å². The van der Waals surface area contributed by atoms with Gasteiger partial charge in [0.2, 0.25) is 11.8 Å². The van der Waals surface area contributed by atoms with Crippen LogP contribution >= 0.6 is 0 Å². The number of likely N-dealkylation sites (N-methyl/N-ethyl adjacent to an activating group) is 1. The average Bonchev–Trinajstić information content (AvgIpc) is 3.00. The average molecular weight is 290 g/mol. The third-order valence-corrected chi connectivity index (χ3v) is 3.81. The molecule has 1 fully saturated rings. The summed E-state index contributed by atoms with van der Waals surface area (Å²) in [5.74, 6) is 0.660. The molecule has 5 nitrogen and oxygen atoms in total. The van der Waals surface area contributed by atoms with Crippen molar-refractivity contribution < 1.29 is 14.3 Å². The van der Waals surface area contributed by atoms with Crippen LogP contribution in [-0.2, 0) is 9.59 Å². The van der Waals surface area contributed by atoms with Crippen molar-refractivity contribution >= 4 is 17.5 Å². The van der Waals surface area contributed by atoms with E-state index in [1.165, 1.54) is 4.90 Å². The van der Waals surface area contributed by atoms with Crippen LogP contribution in [0.3, 0.4) is 0 Å². The number of rotatable bonds is 5. The first kappa shape index (κ1) is 15.4. The standard InChI is InChI=1S/C16H22N2O3/c1-18(16(20)12-6-3-4-7-12)11-15(19)17-13-8-5-9-14(10-13)21-2/h5,8-10,12H,3-4,6-7,11H2,1-2H3,(H,17,19). The van der Waals surface area contributed by atoms with Crippen molar-refractivity contribution in [1.82, 2.24) is 4.90 Å². The van der Waals surface area contributed by atoms with E-state index >= 15 is 0 Å². The molecule has 1 aromatic carbocycles. The van der Waals surface area contributed by atoms with Gasteiger partial charge in [0.25, 0.3) is 0 Å². The van der Waals surface area contributed by atoms with E-state index in [-0.39, 0.29) is 24.3 Å². The van der Waals surface area contributed by atoms with E-state index in [1.807, 2.05) is 12.1 Å². The second-order valence-corrected chi connectivity index (χ2v) is 5.46. The molecule has 1 saturated carbocycles. The topological polar surface area (TPSA) is 58.6 Å². The van der Waals surface area contributed by atoms with E-state index in [2.05, 4.69) is 5.32 Å². The molecule has 114 valence electrons. The van der Waals surface area contributed by atoms with Crippen molar-refractivity contribution in [3.8, 4) is 5.75 Å². The number of nitrogens with one attached hydrogen (secondary N) is 1. The summed E-state index contributed by atoms with van der Waals surface area (Å²) in [5, 5.41) is 2.78. The van der Waals surface area contributed by atoms with E-state index in [9.17, 15) is 9.59 Å². The summed E-state index contributed by atoms with van der Waals surface area (Å²) in [4.78, 5) is 25.7. The van der Waals surface area contributed by atoms with Gasteiger partial charge in [0.05, 0.1) is 13.7 Å². The molecule has 0 radical (unpaired) electrons. The minimum absolute atomic E-state index is 0.0759. The highest BCUT2D eigenvalue weighted by Gasteiger charge is 2.26. The molecule has 0 aromatic heterocycles. The van der Waals surface area contributed by atoms with Crippen LogP contribution in [0.15, 0.2) is 24.3 Å². The molecule has 21 heavy (non-hydrogen) atoms. The number of carbonyl (C=O) groups excluding carboxylic acids is 2. The van der Waals surface area contributed by atoms with Crippen LogP contribution in [0.4, 0.5) is 5.69 Å². The molecule has 0 aliphatic heterocycles. The van der Waals surface area contributed by atoms with Gasteiger partial charge in [0.15, 0.2) is 0 Å². The second-order valence-electron chi connectivity index (χ2n) is 5.46. The zero-order chi connectivity index (χ0) is 15.2. The monoisotopic (exact) mass is 290 g/mol. The molecular formula is C16H22N2O3. The normalized spacial score (nSPS) is 14.8. The van der Waals surface area contributed by atoms with E-state index in [0.29, 0.717) is 11.4 Å². The van der Waals surface area contributed by atoms with Gasteiger partial charge < -0.3 is 15.0 Å². The zero-order valence-corrected chi connectivity index (χ0v) is 12.6. The van der Waals surface area contributed by atoms with Crippen LogP contribution in [0.5, 0.6) is 5.75 Å². The Morgan fingerprint density at radius 2 is 2.05 bits per heavy atom. The number of amides is 2. The molecule has 2 amide bonds. The minimum Gasteiger partial charge on any atom is -0.497 e. The molecule has 0 saturated heterocycles. The molecule has 0 atom stereocenters. The van der Waals surface area contributed by atoms with Crippen LogP contribution in [0.25, 0.3) is 0 Å². The van der Waals surface area contributed by atoms with Crippen molar-refractivity contribution in [2.24, 2.45) is 5.92 Å². The van der Waals surface area contributed by atoms with E-state index in [1.54, 1.807) is 26.3 Å². The number of hydrogen-bond donors (Lipinski definition) is 1. The van der Waals surface area contributed by atoms with Gasteiger partial charge in [0, 0.05) is 24.7 Å². The van der Waals surface area contributed by atoms with Gasteiger partial charge in [-0.1, -0.05) is 18.9 Å². The number of hydrogen-bond acceptors (Lipinski definition) is 3. The van der Waals surface area contributed by atoms with Crippen molar-refractivity contribution in [2.75, 3.05) is 26.0 Å². The third kappa shape index (κ3) is 4.21. The highest BCUT2D eigenvalue weighted by atomic mass is 16.5. The predicted molar refractivity (Wildman–Crippen MR) is 81.2 cm³/mol. The molecule has 1 aliphatic carbocycles. The van der Waals surface area contributed by atoms with Crippen LogP contribution in [0.2, 0.25) is 0 Å². The van der Waals surface area contributed by atoms with Crippen LogP contribution in [-0.4, -0.2) is 37.4 Å². The fourth-order valence-corrected chi connectivity index (χ4v) is 2.68. The highest BCUT2D eigenvalue weighted by Crippen LogP contribution is 2.26. The summed E-state index contributed by atoms with van der Waals surface area (Å²) in [6.07, 6.45) is 4.11. The number of ether oxygens (including phenoxy) is 1. The van der Waals surface area contributed by atoms with Gasteiger partial charge >= 0.3 is 0 Å². The van der Waals surface area contributed by atoms with Crippen LogP contribution in [0, 0.1) is 5.92 Å². The van der Waals surface area contributed by atoms with Gasteiger partial charge in [-0.25, -0.2) is 0 Å². The first-order valence-corrected chi connectivity index (χ1v) is 7.29. The minimum atomic E-state index is -0.197. The number of benzene rings is 1. The molecule has 0 unspecified atom stereocenters. The van der Waals surface area contributed by atoms with Crippen molar-refractivity contribution in [3.63, 3.8) is 0 Å². The second kappa shape index (κ2) is 7.11. The fraction of sp³-hybridized carbons (Fsp3) is 0.500. The van der Waals surface area contributed by atoms with E-state index in [4.69, 9.17) is 4.74 Å². The largest absolute Gasteiger partial charge is 0.497 e. The lowest BCUT2D eigenvalue weighted by molar-refractivity contribution is -0.136. The van der Waals surface area contributed by atoms with Gasteiger partial charge in [-0.05, 0) is 25.0 Å². The van der Waals surface area contributed by atoms with Crippen molar-refractivity contribution in [2.45, 2.75) is 25.7 Å². The SMILES string of the molecule is COc1cccc(NC(=O)CN(C)C(=O)C2CCCC2)c1. The highest BCUT2D eigenvalue weighted by molar-refractivity contribution is 5.94. The predicted octanol–water partition coefficient (Wildman–Crippen LogP) is 2.28. The smallest absolute Gasteiger partial charge is 0.243 e. The van der Waals surface area contributed by atoms with Crippen molar-refractivity contribution in [3.05, 3.63) is 24.3 Å². The Hall–Kier alpha value is -2.04. The molecule has 1 N–H and O–H groups in total. The summed E-state index contributed by atoms with van der Waals surface area (Å²) in [6, 6.07) is 7.16. The Kier molecular flexibility index (Phi) is 5.20. The Morgan fingerprint density at radius 1 is 1.33 bits per heavy atom. The van der Waals surface area contributed by atoms with Crippen LogP contribution in [0.1, 0.15) is 25.7 Å². The van der Waals surface area contributed by atoms with Gasteiger partial charge in [-0.2, -0.15) is 0 Å². The summed E-state index contributed by atoms with van der Waals surface area (Å²) < 4.78 is 5.11. The zero-order valence-electron chi connectivity index (χ0n) is 12.6. The van der Waals surface area contributed by atoms with Gasteiger partial charge in [-0.3, -0.25) is 9.59 Å². The number of carbonyl (C=O) groups is 2. The molecule has 1 aromatic rings. The summed E-state index contributed by atoms with van der Waals surface area (Å²) in [7, 11) is 3.26. The quantitative estimate of drug-likeness (QED) is 0.905. The maximum absolute atomic E-state index is 12.2. The van der Waals surface area contributed by atoms with Crippen molar-refractivity contribution in [1.29, 1.82) is 0 Å². The molecule has 0 heterocycles. The Labute approximate surface area is 125 Å². The first-order valence-electron chi connectivity index (χ1n) is 7.29.